The molecule has 0 aliphatic carbocycles. The van der Waals surface area contributed by atoms with Crippen molar-refractivity contribution in [3.05, 3.63) is 66.0 Å². The van der Waals surface area contributed by atoms with E-state index in [1.54, 1.807) is 18.3 Å². The number of nitrogens with two attached hydrogens (primary N) is 1. The number of carbonyl (C=O) groups excluding carboxylic acids is 2. The summed E-state index contributed by atoms with van der Waals surface area (Å²) >= 11 is 0. The van der Waals surface area contributed by atoms with Crippen LogP contribution in [-0.4, -0.2) is 59.0 Å². The lowest BCUT2D eigenvalue weighted by Crippen LogP contribution is -2.27. The Balaban J connectivity index is 1.54. The Morgan fingerprint density at radius 3 is 2.54 bits per heavy atom. The van der Waals surface area contributed by atoms with E-state index in [1.165, 1.54) is 20.4 Å². The lowest BCUT2D eigenvalue weighted by Gasteiger charge is -2.17. The molecule has 0 bridgehead atoms. The molecule has 188 valence electrons. The molecule has 3 N–H and O–H groups in total. The van der Waals surface area contributed by atoms with Crippen LogP contribution in [-0.2, 0) is 0 Å². The van der Waals surface area contributed by atoms with Gasteiger partial charge in [-0.3, -0.25) is 14.6 Å². The molecule has 1 aliphatic rings. The molecular formula is C27H26N6O4. The maximum absolute atomic E-state index is 12.9. The van der Waals surface area contributed by atoms with Crippen molar-refractivity contribution in [1.29, 1.82) is 0 Å². The van der Waals surface area contributed by atoms with Crippen LogP contribution in [0.3, 0.4) is 0 Å². The van der Waals surface area contributed by atoms with Crippen LogP contribution in [0.4, 0.5) is 11.4 Å². The number of hydrogen-bond donors (Lipinski definition) is 2. The molecule has 37 heavy (non-hydrogen) atoms. The summed E-state index contributed by atoms with van der Waals surface area (Å²) in [6.45, 7) is 1.54. The molecule has 4 aromatic rings. The Morgan fingerprint density at radius 2 is 1.81 bits per heavy atom. The number of anilines is 2. The molecule has 0 saturated carbocycles. The summed E-state index contributed by atoms with van der Waals surface area (Å²) < 4.78 is 10.5. The van der Waals surface area contributed by atoms with Gasteiger partial charge in [-0.25, -0.2) is 4.98 Å². The normalized spacial score (nSPS) is 13.0. The molecular weight excluding hydrogens is 472 g/mol. The average molecular weight is 499 g/mol. The van der Waals surface area contributed by atoms with Gasteiger partial charge in [-0.15, -0.1) is 0 Å². The third-order valence-electron chi connectivity index (χ3n) is 6.33. The summed E-state index contributed by atoms with van der Waals surface area (Å²) in [7, 11) is 3.01. The fourth-order valence-electron chi connectivity index (χ4n) is 4.46. The number of pyridine rings is 1. The second-order valence-corrected chi connectivity index (χ2v) is 8.63. The molecule has 10 heteroatoms. The fourth-order valence-corrected chi connectivity index (χ4v) is 4.46. The number of primary amides is 1. The Morgan fingerprint density at radius 1 is 1.00 bits per heavy atom. The molecule has 2 aromatic heterocycles. The van der Waals surface area contributed by atoms with E-state index < -0.39 is 5.91 Å². The largest absolute Gasteiger partial charge is 0.480 e. The number of carbonyl (C=O) groups is 2. The number of nitrogens with zero attached hydrogens (tertiary/aromatic N) is 4. The van der Waals surface area contributed by atoms with Gasteiger partial charge < -0.3 is 25.4 Å². The lowest BCUT2D eigenvalue weighted by molar-refractivity contribution is 0.0792. The minimum atomic E-state index is -0.615. The first-order valence-corrected chi connectivity index (χ1v) is 11.8. The number of nitrogens with one attached hydrogen (secondary N) is 1. The molecule has 2 aromatic carbocycles. The van der Waals surface area contributed by atoms with Crippen molar-refractivity contribution >= 4 is 34.1 Å². The number of ether oxygens (including phenoxy) is 2. The van der Waals surface area contributed by atoms with Crippen LogP contribution in [0.1, 0.15) is 33.6 Å². The molecule has 0 spiro atoms. The predicted molar refractivity (Wildman–Crippen MR) is 139 cm³/mol. The highest BCUT2D eigenvalue weighted by Crippen LogP contribution is 2.35. The minimum Gasteiger partial charge on any atom is -0.480 e. The van der Waals surface area contributed by atoms with E-state index in [0.717, 1.165) is 31.5 Å². The van der Waals surface area contributed by atoms with E-state index in [9.17, 15) is 9.59 Å². The third kappa shape index (κ3) is 4.73. The van der Waals surface area contributed by atoms with Gasteiger partial charge in [0.1, 0.15) is 0 Å². The van der Waals surface area contributed by atoms with E-state index in [-0.39, 0.29) is 17.5 Å². The van der Waals surface area contributed by atoms with Crippen LogP contribution in [0.25, 0.3) is 22.0 Å². The molecule has 0 unspecified atom stereocenters. The first-order valence-electron chi connectivity index (χ1n) is 11.8. The van der Waals surface area contributed by atoms with Gasteiger partial charge in [0.2, 0.25) is 5.88 Å². The second-order valence-electron chi connectivity index (χ2n) is 8.63. The number of amides is 2. The highest BCUT2D eigenvalue weighted by molar-refractivity contribution is 6.08. The molecule has 0 atom stereocenters. The summed E-state index contributed by atoms with van der Waals surface area (Å²) in [4.78, 5) is 39.9. The summed E-state index contributed by atoms with van der Waals surface area (Å²) in [6, 6.07) is 13.0. The number of fused-ring (bicyclic) bond motifs is 1. The maximum atomic E-state index is 12.9. The van der Waals surface area contributed by atoms with Gasteiger partial charge in [0.15, 0.2) is 0 Å². The summed E-state index contributed by atoms with van der Waals surface area (Å²) in [6.07, 6.45) is 5.10. The van der Waals surface area contributed by atoms with Crippen molar-refractivity contribution in [2.75, 3.05) is 32.6 Å². The molecule has 2 amide bonds. The SMILES string of the molecule is COc1ncc(-c2ccc3c(Nc4cccc(C(=O)N5CCCC5)c4)c(C(N)=O)cnc3c2)c(OC)n1. The Bertz CT molecular complexity index is 1500. The zero-order valence-corrected chi connectivity index (χ0v) is 20.5. The monoisotopic (exact) mass is 498 g/mol. The number of likely N-dealkylation sites (tertiary alicyclic amines) is 1. The molecule has 10 nitrogen and oxygen atoms in total. The number of benzene rings is 2. The van der Waals surface area contributed by atoms with E-state index >= 15 is 0 Å². The number of rotatable bonds is 7. The third-order valence-corrected chi connectivity index (χ3v) is 6.33. The minimum absolute atomic E-state index is 0.00355. The fraction of sp³-hybridized carbons (Fsp3) is 0.222. The predicted octanol–water partition coefficient (Wildman–Crippen LogP) is 3.79. The van der Waals surface area contributed by atoms with Gasteiger partial charge in [0.25, 0.3) is 11.8 Å². The first-order chi connectivity index (χ1) is 18.0. The van der Waals surface area contributed by atoms with Gasteiger partial charge in [-0.05, 0) is 42.7 Å². The first kappa shape index (κ1) is 24.0. The van der Waals surface area contributed by atoms with Crippen LogP contribution < -0.4 is 20.5 Å². The van der Waals surface area contributed by atoms with Crippen LogP contribution >= 0.6 is 0 Å². The summed E-state index contributed by atoms with van der Waals surface area (Å²) in [5.74, 6) is -0.260. The van der Waals surface area contributed by atoms with Crippen molar-refractivity contribution < 1.29 is 19.1 Å². The Labute approximate surface area is 213 Å². The van der Waals surface area contributed by atoms with Crippen molar-refractivity contribution in [1.82, 2.24) is 19.9 Å². The second kappa shape index (κ2) is 10.1. The zero-order valence-electron chi connectivity index (χ0n) is 20.5. The van der Waals surface area contributed by atoms with Gasteiger partial charge in [0.05, 0.1) is 36.6 Å². The standard InChI is InChI=1S/C27H26N6O4/c1-36-25-20(14-30-27(32-25)37-2)16-8-9-19-22(13-16)29-15-21(24(28)34)23(19)31-18-7-5-6-17(12-18)26(35)33-10-3-4-11-33/h5-9,12-15H,3-4,10-11H2,1-2H3,(H2,28,34)(H,29,31). The summed E-state index contributed by atoms with van der Waals surface area (Å²) in [5.41, 5.74) is 9.72. The molecule has 3 heterocycles. The van der Waals surface area contributed by atoms with Crippen LogP contribution in [0.5, 0.6) is 11.9 Å². The van der Waals surface area contributed by atoms with Crippen LogP contribution in [0, 0.1) is 0 Å². The number of hydrogen-bond acceptors (Lipinski definition) is 8. The summed E-state index contributed by atoms with van der Waals surface area (Å²) in [5, 5.41) is 3.99. The smallest absolute Gasteiger partial charge is 0.319 e. The van der Waals surface area contributed by atoms with Crippen LogP contribution in [0.15, 0.2) is 54.9 Å². The lowest BCUT2D eigenvalue weighted by atomic mass is 10.0. The van der Waals surface area contributed by atoms with Crippen molar-refractivity contribution in [2.24, 2.45) is 5.73 Å². The van der Waals surface area contributed by atoms with Gasteiger partial charge in [-0.2, -0.15) is 4.98 Å². The molecule has 0 radical (unpaired) electrons. The van der Waals surface area contributed by atoms with Gasteiger partial charge >= 0.3 is 6.01 Å². The van der Waals surface area contributed by atoms with Gasteiger partial charge in [-0.1, -0.05) is 18.2 Å². The zero-order chi connectivity index (χ0) is 25.9. The van der Waals surface area contributed by atoms with E-state index in [4.69, 9.17) is 15.2 Å². The maximum Gasteiger partial charge on any atom is 0.319 e. The van der Waals surface area contributed by atoms with E-state index in [1.807, 2.05) is 35.2 Å². The van der Waals surface area contributed by atoms with E-state index in [2.05, 4.69) is 20.3 Å². The molecule has 1 saturated heterocycles. The number of methoxy groups -OCH3 is 2. The van der Waals surface area contributed by atoms with Gasteiger partial charge in [0, 0.05) is 42.1 Å². The van der Waals surface area contributed by atoms with E-state index in [0.29, 0.717) is 39.3 Å². The van der Waals surface area contributed by atoms with Crippen LogP contribution in [0.2, 0.25) is 0 Å². The van der Waals surface area contributed by atoms with Crippen molar-refractivity contribution in [2.45, 2.75) is 12.8 Å². The van der Waals surface area contributed by atoms with Crippen molar-refractivity contribution in [3.8, 4) is 23.0 Å². The highest BCUT2D eigenvalue weighted by Gasteiger charge is 2.20. The average Bonchev–Trinajstić information content (AvgIpc) is 3.47. The Hall–Kier alpha value is -4.73. The van der Waals surface area contributed by atoms with Crippen molar-refractivity contribution in [3.63, 3.8) is 0 Å². The quantitative estimate of drug-likeness (QED) is 0.393. The Kier molecular flexibility index (Phi) is 6.55. The highest BCUT2D eigenvalue weighted by atomic mass is 16.5. The molecule has 1 fully saturated rings. The topological polar surface area (TPSA) is 133 Å². The molecule has 5 rings (SSSR count). The number of aromatic nitrogens is 3. The molecule has 1 aliphatic heterocycles.